The average molecular weight is 438 g/mol. The number of aromatic carboxylic acids is 1. The second kappa shape index (κ2) is 7.83. The van der Waals surface area contributed by atoms with Crippen molar-refractivity contribution in [1.82, 2.24) is 14.5 Å². The van der Waals surface area contributed by atoms with Gasteiger partial charge in [-0.25, -0.2) is 18.6 Å². The number of imidazole rings is 1. The summed E-state index contributed by atoms with van der Waals surface area (Å²) in [5.74, 6) is -0.522. The summed E-state index contributed by atoms with van der Waals surface area (Å²) in [6, 6.07) is 9.93. The van der Waals surface area contributed by atoms with Crippen molar-refractivity contribution < 1.29 is 23.4 Å². The molecule has 5 rings (SSSR count). The number of alkyl halides is 2. The van der Waals surface area contributed by atoms with Crippen LogP contribution in [0.1, 0.15) is 28.2 Å². The van der Waals surface area contributed by atoms with Crippen LogP contribution >= 0.6 is 0 Å². The van der Waals surface area contributed by atoms with Crippen molar-refractivity contribution in [2.45, 2.75) is 13.3 Å². The van der Waals surface area contributed by atoms with Crippen LogP contribution in [0.3, 0.4) is 0 Å². The van der Waals surface area contributed by atoms with E-state index in [9.17, 15) is 18.7 Å². The van der Waals surface area contributed by atoms with Gasteiger partial charge in [-0.05, 0) is 25.1 Å². The molecule has 0 radical (unpaired) electrons. The molecule has 32 heavy (non-hydrogen) atoms. The third-order valence-corrected chi connectivity index (χ3v) is 5.77. The maximum atomic E-state index is 13.6. The highest BCUT2D eigenvalue weighted by atomic mass is 19.3. The highest BCUT2D eigenvalue weighted by Gasteiger charge is 2.22. The molecule has 9 heteroatoms. The smallest absolute Gasteiger partial charge is 0.338 e. The molecule has 7 nitrogen and oxygen atoms in total. The lowest BCUT2D eigenvalue weighted by molar-refractivity contribution is 0.0699. The van der Waals surface area contributed by atoms with Gasteiger partial charge >= 0.3 is 5.97 Å². The second-order valence-electron chi connectivity index (χ2n) is 7.63. The molecule has 0 bridgehead atoms. The summed E-state index contributed by atoms with van der Waals surface area (Å²) in [5.41, 5.74) is 2.48. The molecular formula is C23H20F2N4O3. The molecular weight excluding hydrogens is 418 g/mol. The van der Waals surface area contributed by atoms with Gasteiger partial charge in [0.1, 0.15) is 11.3 Å². The van der Waals surface area contributed by atoms with Crippen molar-refractivity contribution in [2.24, 2.45) is 0 Å². The number of carboxylic acid groups (broad SMARTS) is 1. The van der Waals surface area contributed by atoms with E-state index in [0.717, 1.165) is 5.69 Å². The zero-order chi connectivity index (χ0) is 22.4. The molecule has 1 fully saturated rings. The topological polar surface area (TPSA) is 80.5 Å². The lowest BCUT2D eigenvalue weighted by atomic mass is 10.1. The number of para-hydroxylation sites is 1. The minimum Gasteiger partial charge on any atom is -0.478 e. The minimum absolute atomic E-state index is 0.0949. The van der Waals surface area contributed by atoms with Crippen molar-refractivity contribution in [1.29, 1.82) is 0 Å². The molecule has 2 aromatic heterocycles. The van der Waals surface area contributed by atoms with E-state index >= 15 is 0 Å². The first-order valence-corrected chi connectivity index (χ1v) is 10.2. The number of carbonyl (C=O) groups is 1. The normalized spacial score (nSPS) is 14.6. The van der Waals surface area contributed by atoms with E-state index in [0.29, 0.717) is 54.2 Å². The van der Waals surface area contributed by atoms with Crippen LogP contribution in [0.5, 0.6) is 0 Å². The van der Waals surface area contributed by atoms with Gasteiger partial charge in [-0.3, -0.25) is 9.55 Å². The number of benzene rings is 2. The first-order valence-electron chi connectivity index (χ1n) is 10.2. The van der Waals surface area contributed by atoms with Gasteiger partial charge in [0.15, 0.2) is 0 Å². The molecule has 0 aliphatic carbocycles. The van der Waals surface area contributed by atoms with E-state index < -0.39 is 12.4 Å². The fourth-order valence-electron chi connectivity index (χ4n) is 4.31. The number of halogens is 2. The summed E-state index contributed by atoms with van der Waals surface area (Å²) < 4.78 is 34.4. The van der Waals surface area contributed by atoms with E-state index in [4.69, 9.17) is 4.74 Å². The third kappa shape index (κ3) is 3.25. The summed E-state index contributed by atoms with van der Waals surface area (Å²) in [4.78, 5) is 22.8. The fourth-order valence-corrected chi connectivity index (χ4v) is 4.31. The Labute approximate surface area is 181 Å². The van der Waals surface area contributed by atoms with Crippen molar-refractivity contribution in [3.05, 3.63) is 59.5 Å². The zero-order valence-electron chi connectivity index (χ0n) is 17.3. The number of anilines is 1. The Morgan fingerprint density at radius 3 is 2.66 bits per heavy atom. The molecule has 2 aromatic carbocycles. The Bertz CT molecular complexity index is 1350. The van der Waals surface area contributed by atoms with Gasteiger partial charge in [0.25, 0.3) is 6.43 Å². The monoisotopic (exact) mass is 438 g/mol. The van der Waals surface area contributed by atoms with Gasteiger partial charge in [0.2, 0.25) is 0 Å². The van der Waals surface area contributed by atoms with Gasteiger partial charge in [-0.15, -0.1) is 0 Å². The van der Waals surface area contributed by atoms with Gasteiger partial charge < -0.3 is 14.7 Å². The van der Waals surface area contributed by atoms with Gasteiger partial charge in [0.05, 0.1) is 35.5 Å². The molecule has 0 spiro atoms. The fraction of sp³-hybridized carbons (Fsp3) is 0.261. The van der Waals surface area contributed by atoms with Crippen LogP contribution in [-0.4, -0.2) is 51.9 Å². The summed E-state index contributed by atoms with van der Waals surface area (Å²) in [6.45, 7) is 4.18. The third-order valence-electron chi connectivity index (χ3n) is 5.77. The molecule has 0 unspecified atom stereocenters. The van der Waals surface area contributed by atoms with Crippen molar-refractivity contribution >= 4 is 33.6 Å². The standard InChI is InChI=1S/C23H20F2N4O3/c1-13-27-21-17(23(30)31)11-14(28-7-9-32-10-8-28)12-19(21)29(13)18-5-6-26-20-15(18)3-2-4-16(20)22(24)25/h2-6,11-12,22H,7-10H2,1H3,(H,30,31). The molecule has 1 saturated heterocycles. The predicted molar refractivity (Wildman–Crippen MR) is 116 cm³/mol. The molecule has 1 aliphatic rings. The van der Waals surface area contributed by atoms with E-state index in [1.807, 2.05) is 10.6 Å². The number of aromatic nitrogens is 3. The summed E-state index contributed by atoms with van der Waals surface area (Å²) in [5, 5.41) is 10.4. The Balaban J connectivity index is 1.80. The zero-order valence-corrected chi connectivity index (χ0v) is 17.3. The number of hydrogen-bond donors (Lipinski definition) is 1. The van der Waals surface area contributed by atoms with Crippen LogP contribution in [0.2, 0.25) is 0 Å². The molecule has 1 N–H and O–H groups in total. The first-order chi connectivity index (χ1) is 15.5. The molecule has 0 atom stereocenters. The number of aryl methyl sites for hydroxylation is 1. The van der Waals surface area contributed by atoms with E-state index in [1.165, 1.54) is 12.3 Å². The highest BCUT2D eigenvalue weighted by molar-refractivity contribution is 6.04. The lowest BCUT2D eigenvalue weighted by Gasteiger charge is -2.29. The molecule has 3 heterocycles. The van der Waals surface area contributed by atoms with Crippen molar-refractivity contribution in [2.75, 3.05) is 31.2 Å². The number of ether oxygens (including phenoxy) is 1. The molecule has 164 valence electrons. The number of fused-ring (bicyclic) bond motifs is 2. The van der Waals surface area contributed by atoms with Crippen molar-refractivity contribution in [3.63, 3.8) is 0 Å². The SMILES string of the molecule is Cc1nc2c(C(=O)O)cc(N3CCOCC3)cc2n1-c1ccnc2c(C(F)F)cccc12. The largest absolute Gasteiger partial charge is 0.478 e. The molecule has 0 amide bonds. The summed E-state index contributed by atoms with van der Waals surface area (Å²) in [7, 11) is 0. The molecule has 4 aromatic rings. The molecule has 1 aliphatic heterocycles. The number of carboxylic acids is 1. The van der Waals surface area contributed by atoms with E-state index in [-0.39, 0.29) is 16.6 Å². The number of morpholine rings is 1. The number of hydrogen-bond acceptors (Lipinski definition) is 5. The van der Waals surface area contributed by atoms with Crippen LogP contribution in [0.4, 0.5) is 14.5 Å². The van der Waals surface area contributed by atoms with Gasteiger partial charge in [0, 0.05) is 35.9 Å². The Kier molecular flexibility index (Phi) is 4.97. The Morgan fingerprint density at radius 2 is 1.94 bits per heavy atom. The average Bonchev–Trinajstić information content (AvgIpc) is 3.13. The number of rotatable bonds is 4. The lowest BCUT2D eigenvalue weighted by Crippen LogP contribution is -2.36. The van der Waals surface area contributed by atoms with Crippen molar-refractivity contribution in [3.8, 4) is 5.69 Å². The minimum atomic E-state index is -2.66. The summed E-state index contributed by atoms with van der Waals surface area (Å²) in [6.07, 6.45) is -1.17. The second-order valence-corrected chi connectivity index (χ2v) is 7.63. The highest BCUT2D eigenvalue weighted by Crippen LogP contribution is 2.34. The van der Waals surface area contributed by atoms with Crippen LogP contribution in [0.15, 0.2) is 42.6 Å². The van der Waals surface area contributed by atoms with E-state index in [1.54, 1.807) is 31.2 Å². The number of pyridine rings is 1. The maximum Gasteiger partial charge on any atom is 0.338 e. The quantitative estimate of drug-likeness (QED) is 0.510. The molecule has 0 saturated carbocycles. The predicted octanol–water partition coefficient (Wildman–Crippen LogP) is 4.35. The van der Waals surface area contributed by atoms with Crippen LogP contribution in [-0.2, 0) is 4.74 Å². The number of nitrogens with zero attached hydrogens (tertiary/aromatic N) is 4. The maximum absolute atomic E-state index is 13.6. The van der Waals surface area contributed by atoms with E-state index in [2.05, 4.69) is 14.9 Å². The summed E-state index contributed by atoms with van der Waals surface area (Å²) >= 11 is 0. The Hall–Kier alpha value is -3.59. The first kappa shape index (κ1) is 20.3. The van der Waals surface area contributed by atoms with Crippen LogP contribution in [0, 0.1) is 6.92 Å². The van der Waals surface area contributed by atoms with Crippen LogP contribution < -0.4 is 4.90 Å². The Morgan fingerprint density at radius 1 is 1.16 bits per heavy atom. The van der Waals surface area contributed by atoms with Gasteiger partial charge in [-0.2, -0.15) is 0 Å². The van der Waals surface area contributed by atoms with Crippen LogP contribution in [0.25, 0.3) is 27.6 Å². The van der Waals surface area contributed by atoms with Gasteiger partial charge in [-0.1, -0.05) is 18.2 Å².